The third kappa shape index (κ3) is 4.46. The first-order valence-electron chi connectivity index (χ1n) is 9.84. The summed E-state index contributed by atoms with van der Waals surface area (Å²) in [6.45, 7) is 6.48. The van der Waals surface area contributed by atoms with E-state index in [-0.39, 0.29) is 53.0 Å². The molecule has 0 fully saturated rings. The van der Waals surface area contributed by atoms with E-state index in [1.165, 1.54) is 12.1 Å². The first-order chi connectivity index (χ1) is 15.3. The quantitative estimate of drug-likeness (QED) is 0.285. The number of phenolic OH excluding ortho intramolecular Hbond substituents is 4. The Hall–Kier alpha value is -4.14. The molecule has 0 spiro atoms. The zero-order valence-corrected chi connectivity index (χ0v) is 17.2. The van der Waals surface area contributed by atoms with E-state index in [0.29, 0.717) is 24.0 Å². The normalized spacial score (nSPS) is 14.6. The molecule has 6 N–H and O–H groups in total. The Balaban J connectivity index is 2.03. The molecule has 9 heteroatoms. The van der Waals surface area contributed by atoms with Crippen LogP contribution in [0.5, 0.6) is 28.7 Å². The third-order valence-corrected chi connectivity index (χ3v) is 5.23. The molecular formula is C23H24N2O7. The van der Waals surface area contributed by atoms with E-state index in [2.05, 4.69) is 23.8 Å². The van der Waals surface area contributed by atoms with Gasteiger partial charge in [-0.25, -0.2) is 0 Å². The average molecular weight is 440 g/mol. The van der Waals surface area contributed by atoms with Gasteiger partial charge in [0.25, 0.3) is 0 Å². The molecule has 0 radical (unpaired) electrons. The molecule has 168 valence electrons. The van der Waals surface area contributed by atoms with Crippen molar-refractivity contribution in [1.29, 1.82) is 0 Å². The minimum atomic E-state index is -0.534. The fraction of sp³-hybridized carbons (Fsp3) is 0.217. The maximum atomic E-state index is 11.7. The van der Waals surface area contributed by atoms with Crippen LogP contribution in [0, 0.1) is 0 Å². The van der Waals surface area contributed by atoms with Crippen molar-refractivity contribution >= 4 is 11.8 Å². The lowest BCUT2D eigenvalue weighted by Gasteiger charge is -2.30. The first-order valence-corrected chi connectivity index (χ1v) is 9.84. The van der Waals surface area contributed by atoms with Crippen LogP contribution in [-0.2, 0) is 29.1 Å². The molecule has 1 aliphatic rings. The Morgan fingerprint density at radius 2 is 1.59 bits per heavy atom. The van der Waals surface area contributed by atoms with Crippen molar-refractivity contribution in [2.75, 3.05) is 0 Å². The smallest absolute Gasteiger partial charge is 0.243 e. The summed E-state index contributed by atoms with van der Waals surface area (Å²) in [7, 11) is 0. The monoisotopic (exact) mass is 440 g/mol. The Kier molecular flexibility index (Phi) is 6.58. The van der Waals surface area contributed by atoms with Crippen LogP contribution in [0.4, 0.5) is 0 Å². The lowest BCUT2D eigenvalue weighted by molar-refractivity contribution is -0.117. The highest BCUT2D eigenvalue weighted by molar-refractivity contribution is 5.87. The van der Waals surface area contributed by atoms with Crippen molar-refractivity contribution < 1.29 is 34.8 Å². The van der Waals surface area contributed by atoms with E-state index in [1.807, 2.05) is 0 Å². The second-order valence-corrected chi connectivity index (χ2v) is 7.20. The summed E-state index contributed by atoms with van der Waals surface area (Å²) < 4.78 is 6.08. The lowest BCUT2D eigenvalue weighted by Crippen LogP contribution is -2.24. The number of fused-ring (bicyclic) bond motifs is 1. The number of benzene rings is 2. The van der Waals surface area contributed by atoms with Crippen molar-refractivity contribution in [1.82, 2.24) is 10.6 Å². The predicted molar refractivity (Wildman–Crippen MR) is 115 cm³/mol. The molecule has 9 nitrogen and oxygen atoms in total. The largest absolute Gasteiger partial charge is 0.507 e. The zero-order chi connectivity index (χ0) is 23.4. The number of ether oxygens (including phenoxy) is 1. The van der Waals surface area contributed by atoms with Crippen molar-refractivity contribution in [3.63, 3.8) is 0 Å². The fourth-order valence-corrected chi connectivity index (χ4v) is 3.53. The fourth-order valence-electron chi connectivity index (χ4n) is 3.53. The van der Waals surface area contributed by atoms with Gasteiger partial charge < -0.3 is 35.8 Å². The van der Waals surface area contributed by atoms with Gasteiger partial charge in [0.2, 0.25) is 11.8 Å². The Morgan fingerprint density at radius 1 is 0.969 bits per heavy atom. The minimum absolute atomic E-state index is 0.0890. The molecule has 1 unspecified atom stereocenters. The van der Waals surface area contributed by atoms with Crippen LogP contribution in [0.3, 0.4) is 0 Å². The van der Waals surface area contributed by atoms with E-state index >= 15 is 0 Å². The van der Waals surface area contributed by atoms with E-state index in [0.717, 1.165) is 12.2 Å². The van der Waals surface area contributed by atoms with Gasteiger partial charge >= 0.3 is 0 Å². The molecule has 32 heavy (non-hydrogen) atoms. The molecule has 0 aromatic heterocycles. The van der Waals surface area contributed by atoms with E-state index in [4.69, 9.17) is 4.74 Å². The molecule has 1 atom stereocenters. The van der Waals surface area contributed by atoms with Gasteiger partial charge in [-0.1, -0.05) is 19.2 Å². The predicted octanol–water partition coefficient (Wildman–Crippen LogP) is 2.18. The van der Waals surface area contributed by atoms with Gasteiger partial charge in [-0.3, -0.25) is 9.59 Å². The van der Waals surface area contributed by atoms with E-state index in [9.17, 15) is 30.0 Å². The summed E-state index contributed by atoms with van der Waals surface area (Å²) in [6.07, 6.45) is 2.41. The number of aromatic hydroxyl groups is 4. The summed E-state index contributed by atoms with van der Waals surface area (Å²) in [5.41, 5.74) is 1.33. The summed E-state index contributed by atoms with van der Waals surface area (Å²) >= 11 is 0. The number of rotatable bonds is 7. The molecular weight excluding hydrogens is 416 g/mol. The van der Waals surface area contributed by atoms with Gasteiger partial charge in [0.1, 0.15) is 23.4 Å². The number of carbonyl (C=O) groups is 2. The summed E-state index contributed by atoms with van der Waals surface area (Å²) in [5, 5.41) is 46.1. The van der Waals surface area contributed by atoms with Crippen molar-refractivity contribution in [2.45, 2.75) is 32.0 Å². The van der Waals surface area contributed by atoms with Gasteiger partial charge in [0.05, 0.1) is 24.2 Å². The number of hydrogen-bond acceptors (Lipinski definition) is 7. The number of amides is 2. The number of carbonyl (C=O) groups excluding carboxylic acids is 2. The third-order valence-electron chi connectivity index (χ3n) is 5.23. The molecule has 1 aliphatic heterocycles. The van der Waals surface area contributed by atoms with Gasteiger partial charge in [-0.15, -0.1) is 0 Å². The molecule has 0 saturated heterocycles. The Bertz CT molecular complexity index is 1090. The van der Waals surface area contributed by atoms with Crippen molar-refractivity contribution in [2.24, 2.45) is 0 Å². The van der Waals surface area contributed by atoms with Crippen molar-refractivity contribution in [3.8, 4) is 28.7 Å². The average Bonchev–Trinajstić information content (AvgIpc) is 2.79. The Labute approximate surface area is 184 Å². The first kappa shape index (κ1) is 22.5. The van der Waals surface area contributed by atoms with Crippen LogP contribution in [0.15, 0.2) is 43.5 Å². The van der Waals surface area contributed by atoms with E-state index < -0.39 is 17.9 Å². The highest BCUT2D eigenvalue weighted by Crippen LogP contribution is 2.48. The van der Waals surface area contributed by atoms with Crippen LogP contribution in [0.1, 0.15) is 34.8 Å². The summed E-state index contributed by atoms with van der Waals surface area (Å²) in [6, 6.07) is 4.32. The molecule has 3 rings (SSSR count). The van der Waals surface area contributed by atoms with Gasteiger partial charge in [0.15, 0.2) is 11.5 Å². The van der Waals surface area contributed by atoms with Gasteiger partial charge in [0, 0.05) is 5.56 Å². The van der Waals surface area contributed by atoms with E-state index in [1.54, 1.807) is 6.07 Å². The van der Waals surface area contributed by atoms with Crippen LogP contribution >= 0.6 is 0 Å². The second kappa shape index (κ2) is 9.34. The van der Waals surface area contributed by atoms with Gasteiger partial charge in [-0.2, -0.15) is 0 Å². The second-order valence-electron chi connectivity index (χ2n) is 7.20. The lowest BCUT2D eigenvalue weighted by atomic mass is 9.91. The minimum Gasteiger partial charge on any atom is -0.507 e. The van der Waals surface area contributed by atoms with Gasteiger partial charge in [-0.05, 0) is 42.7 Å². The number of nitrogens with one attached hydrogen (secondary N) is 2. The van der Waals surface area contributed by atoms with Crippen LogP contribution < -0.4 is 15.4 Å². The highest BCUT2D eigenvalue weighted by atomic mass is 16.5. The van der Waals surface area contributed by atoms with Crippen LogP contribution in [0.2, 0.25) is 0 Å². The highest BCUT2D eigenvalue weighted by Gasteiger charge is 2.31. The number of phenols is 4. The standard InChI is InChI=1S/C23H24N2O7/c1-3-19(28)24-10-14-21(30)13-6-8-18(12-5-7-16(26)17(27)9-12)32-23(13)15(22(14)31)11-25-20(29)4-2/h3-5,7,9,18,26-27,30-31H,1-2,6,8,10-11H2,(H,24,28)(H,25,29). The SMILES string of the molecule is C=CC(=O)NCc1c(O)c2c(c(CNC(=O)C=C)c1O)OC(c1ccc(O)c(O)c1)CC2. The summed E-state index contributed by atoms with van der Waals surface area (Å²) in [5.74, 6) is -1.85. The molecule has 2 aromatic carbocycles. The maximum Gasteiger partial charge on any atom is 0.243 e. The Morgan fingerprint density at radius 3 is 2.19 bits per heavy atom. The molecule has 2 aromatic rings. The molecule has 2 amide bonds. The molecule has 0 aliphatic carbocycles. The van der Waals surface area contributed by atoms with Crippen molar-refractivity contribution in [3.05, 3.63) is 65.8 Å². The maximum absolute atomic E-state index is 11.7. The molecule has 0 saturated carbocycles. The van der Waals surface area contributed by atoms with Crippen LogP contribution in [0.25, 0.3) is 0 Å². The zero-order valence-electron chi connectivity index (χ0n) is 17.2. The topological polar surface area (TPSA) is 148 Å². The molecule has 0 bridgehead atoms. The summed E-state index contributed by atoms with van der Waals surface area (Å²) in [4.78, 5) is 23.3. The number of hydrogen-bond donors (Lipinski definition) is 6. The molecule has 1 heterocycles. The van der Waals surface area contributed by atoms with Crippen LogP contribution in [-0.4, -0.2) is 32.2 Å².